The lowest BCUT2D eigenvalue weighted by Crippen LogP contribution is -2.13. The van der Waals surface area contributed by atoms with E-state index in [0.717, 1.165) is 29.0 Å². The molecular formula is C24H25NO2. The molecule has 3 nitrogen and oxygen atoms in total. The Labute approximate surface area is 161 Å². The number of para-hydroxylation sites is 1. The zero-order valence-corrected chi connectivity index (χ0v) is 16.1. The van der Waals surface area contributed by atoms with Gasteiger partial charge in [0.15, 0.2) is 0 Å². The van der Waals surface area contributed by atoms with Gasteiger partial charge in [-0.05, 0) is 72.9 Å². The summed E-state index contributed by atoms with van der Waals surface area (Å²) >= 11 is 0. The van der Waals surface area contributed by atoms with Gasteiger partial charge < -0.3 is 10.1 Å². The van der Waals surface area contributed by atoms with E-state index < -0.39 is 0 Å². The van der Waals surface area contributed by atoms with E-state index in [2.05, 4.69) is 32.2 Å². The lowest BCUT2D eigenvalue weighted by molar-refractivity contribution is 0.102. The van der Waals surface area contributed by atoms with Crippen molar-refractivity contribution in [2.75, 3.05) is 5.32 Å². The highest BCUT2D eigenvalue weighted by atomic mass is 16.5. The lowest BCUT2D eigenvalue weighted by atomic mass is 10.1. The molecular weight excluding hydrogens is 334 g/mol. The van der Waals surface area contributed by atoms with Crippen LogP contribution in [-0.2, 0) is 13.0 Å². The Kier molecular flexibility index (Phi) is 5.92. The molecule has 0 aromatic heterocycles. The second-order valence-electron chi connectivity index (χ2n) is 6.70. The fourth-order valence-electron chi connectivity index (χ4n) is 2.87. The Morgan fingerprint density at radius 2 is 1.67 bits per heavy atom. The molecule has 0 radical (unpaired) electrons. The van der Waals surface area contributed by atoms with Crippen LogP contribution in [0.5, 0.6) is 5.75 Å². The van der Waals surface area contributed by atoms with E-state index in [1.54, 1.807) is 0 Å². The van der Waals surface area contributed by atoms with Crippen LogP contribution in [0.4, 0.5) is 5.69 Å². The molecule has 3 aromatic rings. The quantitative estimate of drug-likeness (QED) is 0.613. The molecule has 3 rings (SSSR count). The largest absolute Gasteiger partial charge is 0.489 e. The second kappa shape index (κ2) is 8.54. The molecule has 0 aliphatic heterocycles. The first kappa shape index (κ1) is 18.7. The number of anilines is 1. The van der Waals surface area contributed by atoms with Crippen LogP contribution >= 0.6 is 0 Å². The summed E-state index contributed by atoms with van der Waals surface area (Å²) in [4.78, 5) is 12.5. The van der Waals surface area contributed by atoms with Crippen LogP contribution in [0.1, 0.15) is 39.5 Å². The van der Waals surface area contributed by atoms with Gasteiger partial charge in [-0.15, -0.1) is 0 Å². The summed E-state index contributed by atoms with van der Waals surface area (Å²) < 4.78 is 5.85. The zero-order chi connectivity index (χ0) is 19.2. The number of ether oxygens (including phenoxy) is 1. The smallest absolute Gasteiger partial charge is 0.255 e. The van der Waals surface area contributed by atoms with Gasteiger partial charge in [0, 0.05) is 11.3 Å². The van der Waals surface area contributed by atoms with Gasteiger partial charge in [-0.3, -0.25) is 4.79 Å². The molecule has 0 unspecified atom stereocenters. The van der Waals surface area contributed by atoms with E-state index in [0.29, 0.717) is 12.2 Å². The average molecular weight is 359 g/mol. The van der Waals surface area contributed by atoms with E-state index in [4.69, 9.17) is 4.74 Å². The van der Waals surface area contributed by atoms with Gasteiger partial charge in [0.1, 0.15) is 12.4 Å². The summed E-state index contributed by atoms with van der Waals surface area (Å²) in [6.45, 7) is 6.71. The normalized spacial score (nSPS) is 10.5. The molecule has 0 saturated heterocycles. The van der Waals surface area contributed by atoms with Crippen molar-refractivity contribution in [2.24, 2.45) is 0 Å². The molecule has 0 heterocycles. The number of amides is 1. The third-order valence-corrected chi connectivity index (χ3v) is 4.75. The number of carbonyl (C=O) groups excluding carboxylic acids is 1. The Hall–Kier alpha value is -3.07. The number of rotatable bonds is 6. The van der Waals surface area contributed by atoms with E-state index in [1.807, 2.05) is 60.7 Å². The molecule has 0 aliphatic carbocycles. The monoisotopic (exact) mass is 359 g/mol. The lowest BCUT2D eigenvalue weighted by Gasteiger charge is -2.11. The number of aryl methyl sites for hydroxylation is 3. The Balaban J connectivity index is 1.62. The van der Waals surface area contributed by atoms with Crippen molar-refractivity contribution in [3.63, 3.8) is 0 Å². The van der Waals surface area contributed by atoms with Gasteiger partial charge in [-0.2, -0.15) is 0 Å². The SMILES string of the molecule is CCc1ccccc1NC(=O)c1ccc(COc2ccc(C)c(C)c2)cc1. The number of benzene rings is 3. The van der Waals surface area contributed by atoms with E-state index in [1.165, 1.54) is 11.1 Å². The highest BCUT2D eigenvalue weighted by Crippen LogP contribution is 2.19. The average Bonchev–Trinajstić information content (AvgIpc) is 2.69. The third kappa shape index (κ3) is 4.76. The second-order valence-corrected chi connectivity index (χ2v) is 6.70. The standard InChI is InChI=1S/C24H25NO2/c1-4-20-7-5-6-8-23(20)25-24(26)21-12-10-19(11-13-21)16-27-22-14-9-17(2)18(3)15-22/h5-15H,4,16H2,1-3H3,(H,25,26). The highest BCUT2D eigenvalue weighted by molar-refractivity contribution is 6.04. The Morgan fingerprint density at radius 3 is 2.37 bits per heavy atom. The summed E-state index contributed by atoms with van der Waals surface area (Å²) in [6, 6.07) is 21.5. The minimum atomic E-state index is -0.0995. The molecule has 3 heteroatoms. The predicted octanol–water partition coefficient (Wildman–Crippen LogP) is 5.70. The van der Waals surface area contributed by atoms with Crippen LogP contribution in [0.15, 0.2) is 66.7 Å². The van der Waals surface area contributed by atoms with E-state index >= 15 is 0 Å². The number of carbonyl (C=O) groups is 1. The van der Waals surface area contributed by atoms with Crippen molar-refractivity contribution in [1.29, 1.82) is 0 Å². The summed E-state index contributed by atoms with van der Waals surface area (Å²) in [5.41, 5.74) is 6.13. The maximum Gasteiger partial charge on any atom is 0.255 e. The van der Waals surface area contributed by atoms with Crippen molar-refractivity contribution in [2.45, 2.75) is 33.8 Å². The molecule has 0 aliphatic rings. The van der Waals surface area contributed by atoms with Gasteiger partial charge in [0.2, 0.25) is 0 Å². The Morgan fingerprint density at radius 1 is 0.926 bits per heavy atom. The molecule has 0 spiro atoms. The number of hydrogen-bond donors (Lipinski definition) is 1. The maximum atomic E-state index is 12.5. The topological polar surface area (TPSA) is 38.3 Å². The van der Waals surface area contributed by atoms with Gasteiger partial charge >= 0.3 is 0 Å². The minimum absolute atomic E-state index is 0.0995. The van der Waals surface area contributed by atoms with Crippen molar-refractivity contribution in [3.05, 3.63) is 94.5 Å². The van der Waals surface area contributed by atoms with Gasteiger partial charge in [-0.1, -0.05) is 43.3 Å². The van der Waals surface area contributed by atoms with Crippen LogP contribution in [0.2, 0.25) is 0 Å². The molecule has 3 aromatic carbocycles. The first-order valence-electron chi connectivity index (χ1n) is 9.25. The van der Waals surface area contributed by atoms with Crippen molar-refractivity contribution in [1.82, 2.24) is 0 Å². The summed E-state index contributed by atoms with van der Waals surface area (Å²) in [7, 11) is 0. The van der Waals surface area contributed by atoms with Crippen LogP contribution in [-0.4, -0.2) is 5.91 Å². The fourth-order valence-corrected chi connectivity index (χ4v) is 2.87. The first-order valence-corrected chi connectivity index (χ1v) is 9.25. The van der Waals surface area contributed by atoms with E-state index in [9.17, 15) is 4.79 Å². The molecule has 0 bridgehead atoms. The van der Waals surface area contributed by atoms with Crippen LogP contribution in [0, 0.1) is 13.8 Å². The van der Waals surface area contributed by atoms with Crippen LogP contribution < -0.4 is 10.1 Å². The number of nitrogens with one attached hydrogen (secondary N) is 1. The molecule has 1 N–H and O–H groups in total. The first-order chi connectivity index (χ1) is 13.1. The summed E-state index contributed by atoms with van der Waals surface area (Å²) in [6.07, 6.45) is 0.880. The van der Waals surface area contributed by atoms with Crippen molar-refractivity contribution < 1.29 is 9.53 Å². The molecule has 27 heavy (non-hydrogen) atoms. The maximum absolute atomic E-state index is 12.5. The third-order valence-electron chi connectivity index (χ3n) is 4.75. The molecule has 138 valence electrons. The molecule has 1 amide bonds. The Bertz CT molecular complexity index is 929. The summed E-state index contributed by atoms with van der Waals surface area (Å²) in [5, 5.41) is 3.00. The fraction of sp³-hybridized carbons (Fsp3) is 0.208. The molecule has 0 fully saturated rings. The van der Waals surface area contributed by atoms with Crippen LogP contribution in [0.25, 0.3) is 0 Å². The van der Waals surface area contributed by atoms with Crippen LogP contribution in [0.3, 0.4) is 0 Å². The van der Waals surface area contributed by atoms with Crippen molar-refractivity contribution >= 4 is 11.6 Å². The molecule has 0 atom stereocenters. The van der Waals surface area contributed by atoms with Gasteiger partial charge in [0.05, 0.1) is 0 Å². The van der Waals surface area contributed by atoms with Crippen molar-refractivity contribution in [3.8, 4) is 5.75 Å². The highest BCUT2D eigenvalue weighted by Gasteiger charge is 2.08. The summed E-state index contributed by atoms with van der Waals surface area (Å²) in [5.74, 6) is 0.758. The van der Waals surface area contributed by atoms with E-state index in [-0.39, 0.29) is 5.91 Å². The number of hydrogen-bond acceptors (Lipinski definition) is 2. The molecule has 0 saturated carbocycles. The minimum Gasteiger partial charge on any atom is -0.489 e. The predicted molar refractivity (Wildman–Crippen MR) is 110 cm³/mol. The van der Waals surface area contributed by atoms with Gasteiger partial charge in [0.25, 0.3) is 5.91 Å². The van der Waals surface area contributed by atoms with Gasteiger partial charge in [-0.25, -0.2) is 0 Å². The zero-order valence-electron chi connectivity index (χ0n) is 16.1.